The number of hydrogen-bond acceptors (Lipinski definition) is 6. The topological polar surface area (TPSA) is 96.4 Å². The van der Waals surface area contributed by atoms with Crippen LogP contribution in [0.1, 0.15) is 5.56 Å². The number of cyclic esters (lactones) is 1. The molecule has 0 unspecified atom stereocenters. The number of nitrogens with two attached hydrogens (primary N) is 1. The van der Waals surface area contributed by atoms with Crippen molar-refractivity contribution in [3.63, 3.8) is 0 Å². The summed E-state index contributed by atoms with van der Waals surface area (Å²) in [4.78, 5) is 29.5. The van der Waals surface area contributed by atoms with Crippen molar-refractivity contribution in [2.75, 3.05) is 26.2 Å². The van der Waals surface area contributed by atoms with Gasteiger partial charge in [-0.3, -0.25) is 4.98 Å². The summed E-state index contributed by atoms with van der Waals surface area (Å²) in [5.41, 5.74) is 7.99. The van der Waals surface area contributed by atoms with E-state index in [1.165, 1.54) is 0 Å². The highest BCUT2D eigenvalue weighted by Gasteiger charge is 2.27. The van der Waals surface area contributed by atoms with Gasteiger partial charge in [0.05, 0.1) is 11.9 Å². The van der Waals surface area contributed by atoms with Crippen LogP contribution in [-0.4, -0.2) is 58.8 Å². The lowest BCUT2D eigenvalue weighted by atomic mass is 10.0. The molecule has 0 amide bonds. The Morgan fingerprint density at radius 2 is 1.82 bits per heavy atom. The van der Waals surface area contributed by atoms with Crippen molar-refractivity contribution in [1.82, 2.24) is 14.8 Å². The average molecular weight is 463 g/mol. The first-order chi connectivity index (χ1) is 15.7. The third-order valence-electron chi connectivity index (χ3n) is 5.47. The van der Waals surface area contributed by atoms with Gasteiger partial charge in [-0.2, -0.15) is 0 Å². The molecule has 1 fully saturated rings. The zero-order valence-corrected chi connectivity index (χ0v) is 18.6. The Morgan fingerprint density at radius 3 is 2.61 bits per heavy atom. The summed E-state index contributed by atoms with van der Waals surface area (Å²) >= 11 is 0. The van der Waals surface area contributed by atoms with Crippen molar-refractivity contribution in [1.29, 1.82) is 0 Å². The average Bonchev–Trinajstić information content (AvgIpc) is 3.19. The van der Waals surface area contributed by atoms with Crippen LogP contribution in [0.5, 0.6) is 0 Å². The second-order valence-electron chi connectivity index (χ2n) is 7.55. The lowest BCUT2D eigenvalue weighted by molar-refractivity contribution is -0.130. The van der Waals surface area contributed by atoms with Gasteiger partial charge in [-0.05, 0) is 29.0 Å². The fourth-order valence-corrected chi connectivity index (χ4v) is 3.80. The van der Waals surface area contributed by atoms with Gasteiger partial charge in [0.25, 0.3) is 0 Å². The van der Waals surface area contributed by atoms with E-state index in [4.69, 9.17) is 10.5 Å². The summed E-state index contributed by atoms with van der Waals surface area (Å²) in [6.07, 6.45) is 5.14. The molecule has 0 spiro atoms. The highest BCUT2D eigenvalue weighted by atomic mass is 35.5. The maximum absolute atomic E-state index is 12.5. The van der Waals surface area contributed by atoms with Crippen molar-refractivity contribution in [2.45, 2.75) is 0 Å². The molecule has 0 bridgehead atoms. The van der Waals surface area contributed by atoms with Crippen molar-refractivity contribution in [2.24, 2.45) is 15.7 Å². The Morgan fingerprint density at radius 1 is 1.03 bits per heavy atom. The second kappa shape index (κ2) is 9.70. The van der Waals surface area contributed by atoms with Crippen molar-refractivity contribution in [3.05, 3.63) is 84.5 Å². The van der Waals surface area contributed by atoms with E-state index in [2.05, 4.69) is 19.9 Å². The van der Waals surface area contributed by atoms with Crippen LogP contribution in [0.3, 0.4) is 0 Å². The molecule has 1 saturated heterocycles. The number of ether oxygens (including phenoxy) is 1. The van der Waals surface area contributed by atoms with Gasteiger partial charge in [0.2, 0.25) is 5.90 Å². The van der Waals surface area contributed by atoms with E-state index in [9.17, 15) is 4.79 Å². The van der Waals surface area contributed by atoms with Gasteiger partial charge in [-0.25, -0.2) is 14.8 Å². The quantitative estimate of drug-likeness (QED) is 0.278. The van der Waals surface area contributed by atoms with E-state index in [0.29, 0.717) is 43.7 Å². The number of esters is 1. The lowest BCUT2D eigenvalue weighted by Gasteiger charge is -2.34. The Balaban J connectivity index is 0.00000259. The summed E-state index contributed by atoms with van der Waals surface area (Å²) in [6, 6.07) is 17.5. The molecule has 0 aliphatic carbocycles. The molecule has 8 nitrogen and oxygen atoms in total. The van der Waals surface area contributed by atoms with Crippen molar-refractivity contribution >= 4 is 46.7 Å². The van der Waals surface area contributed by atoms with E-state index in [-0.39, 0.29) is 12.4 Å². The summed E-state index contributed by atoms with van der Waals surface area (Å²) in [7, 11) is 0. The number of pyridine rings is 1. The maximum Gasteiger partial charge on any atom is 0.365 e. The van der Waals surface area contributed by atoms with Crippen LogP contribution < -0.4 is 5.73 Å². The number of benzene rings is 2. The van der Waals surface area contributed by atoms with Crippen LogP contribution in [0.15, 0.2) is 88.9 Å². The molecule has 2 aliphatic rings. The number of nitrogens with zero attached hydrogens (tertiary/aromatic N) is 5. The van der Waals surface area contributed by atoms with Gasteiger partial charge in [0.15, 0.2) is 11.7 Å². The van der Waals surface area contributed by atoms with Gasteiger partial charge >= 0.3 is 5.97 Å². The predicted molar refractivity (Wildman–Crippen MR) is 131 cm³/mol. The SMILES string of the molecule is Cl.NC(=Nc1cccnc1)N1CCN(C=C2N=C(c3cccc4ccccc34)OC2=O)CC1. The number of rotatable bonds is 3. The molecule has 2 aromatic carbocycles. The molecule has 33 heavy (non-hydrogen) atoms. The van der Waals surface area contributed by atoms with E-state index >= 15 is 0 Å². The monoisotopic (exact) mass is 462 g/mol. The zero-order chi connectivity index (χ0) is 21.9. The van der Waals surface area contributed by atoms with Crippen LogP contribution in [0, 0.1) is 0 Å². The molecule has 5 rings (SSSR count). The third-order valence-corrected chi connectivity index (χ3v) is 5.47. The number of aromatic nitrogens is 1. The Hall–Kier alpha value is -3.91. The van der Waals surface area contributed by atoms with E-state index < -0.39 is 5.97 Å². The first kappa shape index (κ1) is 22.3. The molecule has 168 valence electrons. The standard InChI is InChI=1S/C24H22N6O2.ClH/c25-24(27-18-7-4-10-26-15-18)30-13-11-29(12-14-30)16-21-23(31)32-22(28-21)20-9-3-6-17-5-1-2-8-19(17)20;/h1-10,15-16H,11-14H2,(H2,25,27);1H. The van der Waals surface area contributed by atoms with E-state index in [1.54, 1.807) is 18.6 Å². The maximum atomic E-state index is 12.5. The molecular formula is C24H23ClN6O2. The Kier molecular flexibility index (Phi) is 6.55. The number of fused-ring (bicyclic) bond motifs is 1. The summed E-state index contributed by atoms with van der Waals surface area (Å²) < 4.78 is 5.50. The molecule has 9 heteroatoms. The van der Waals surface area contributed by atoms with Crippen LogP contribution in [0.2, 0.25) is 0 Å². The summed E-state index contributed by atoms with van der Waals surface area (Å²) in [5.74, 6) is 0.361. The highest BCUT2D eigenvalue weighted by molar-refractivity contribution is 6.16. The predicted octanol–water partition coefficient (Wildman–Crippen LogP) is 3.07. The third kappa shape index (κ3) is 4.80. The molecule has 1 aromatic heterocycles. The summed E-state index contributed by atoms with van der Waals surface area (Å²) in [6.45, 7) is 2.76. The molecule has 2 N–H and O–H groups in total. The normalized spacial score (nSPS) is 17.7. The lowest BCUT2D eigenvalue weighted by Crippen LogP contribution is -2.49. The van der Waals surface area contributed by atoms with E-state index in [1.807, 2.05) is 59.5 Å². The minimum atomic E-state index is -0.437. The minimum absolute atomic E-state index is 0. The molecule has 3 heterocycles. The second-order valence-corrected chi connectivity index (χ2v) is 7.55. The van der Waals surface area contributed by atoms with Crippen molar-refractivity contribution < 1.29 is 9.53 Å². The first-order valence-corrected chi connectivity index (χ1v) is 10.4. The fraction of sp³-hybridized carbons (Fsp3) is 0.167. The molecule has 0 radical (unpaired) electrons. The van der Waals surface area contributed by atoms with E-state index in [0.717, 1.165) is 22.0 Å². The molecule has 3 aromatic rings. The van der Waals surface area contributed by atoms with Crippen LogP contribution in [0.25, 0.3) is 10.8 Å². The van der Waals surface area contributed by atoms with Gasteiger partial charge in [0.1, 0.15) is 0 Å². The fourth-order valence-electron chi connectivity index (χ4n) is 3.80. The van der Waals surface area contributed by atoms with Crippen LogP contribution in [-0.2, 0) is 9.53 Å². The minimum Gasteiger partial charge on any atom is -0.402 e. The Labute approximate surface area is 197 Å². The smallest absolute Gasteiger partial charge is 0.365 e. The molecule has 2 aliphatic heterocycles. The van der Waals surface area contributed by atoms with Gasteiger partial charge in [-0.15, -0.1) is 12.4 Å². The number of guanidine groups is 1. The van der Waals surface area contributed by atoms with Crippen LogP contribution >= 0.6 is 12.4 Å². The molecule has 0 saturated carbocycles. The van der Waals surface area contributed by atoms with Gasteiger partial charge in [-0.1, -0.05) is 36.4 Å². The first-order valence-electron chi connectivity index (χ1n) is 10.4. The number of hydrogen-bond donors (Lipinski definition) is 1. The number of halogens is 1. The van der Waals surface area contributed by atoms with Gasteiger partial charge < -0.3 is 20.3 Å². The van der Waals surface area contributed by atoms with Gasteiger partial charge in [0, 0.05) is 44.1 Å². The Bertz CT molecular complexity index is 1240. The number of aliphatic imine (C=N–C) groups is 2. The number of carbonyl (C=O) groups excluding carboxylic acids is 1. The van der Waals surface area contributed by atoms with Crippen molar-refractivity contribution in [3.8, 4) is 0 Å². The van der Waals surface area contributed by atoms with Crippen LogP contribution in [0.4, 0.5) is 5.69 Å². The largest absolute Gasteiger partial charge is 0.402 e. The molecule has 0 atom stereocenters. The molecular weight excluding hydrogens is 440 g/mol. The highest BCUT2D eigenvalue weighted by Crippen LogP contribution is 2.24. The number of carbonyl (C=O) groups is 1. The summed E-state index contributed by atoms with van der Waals surface area (Å²) in [5, 5.41) is 2.07. The zero-order valence-electron chi connectivity index (χ0n) is 17.8. The number of piperazine rings is 1.